The molecule has 1 heterocycles. The van der Waals surface area contributed by atoms with Crippen molar-refractivity contribution >= 4 is 29.0 Å². The molecule has 20 heavy (non-hydrogen) atoms. The van der Waals surface area contributed by atoms with Gasteiger partial charge >= 0.3 is 0 Å². The second-order valence-corrected chi connectivity index (χ2v) is 6.59. The van der Waals surface area contributed by atoms with E-state index in [1.54, 1.807) is 18.2 Å². The van der Waals surface area contributed by atoms with Crippen molar-refractivity contribution in [2.45, 2.75) is 32.4 Å². The number of rotatable bonds is 3. The highest BCUT2D eigenvalue weighted by Crippen LogP contribution is 2.25. The van der Waals surface area contributed by atoms with E-state index in [1.165, 1.54) is 0 Å². The number of hydrogen-bond donors (Lipinski definition) is 0. The largest absolute Gasteiger partial charge is 0.373 e. The molecule has 1 aromatic rings. The van der Waals surface area contributed by atoms with Gasteiger partial charge in [0.1, 0.15) is 0 Å². The van der Waals surface area contributed by atoms with Gasteiger partial charge in [0.15, 0.2) is 5.78 Å². The van der Waals surface area contributed by atoms with Crippen LogP contribution in [0, 0.1) is 0 Å². The van der Waals surface area contributed by atoms with Crippen molar-refractivity contribution in [1.82, 2.24) is 4.90 Å². The van der Waals surface area contributed by atoms with E-state index in [1.807, 2.05) is 20.8 Å². The summed E-state index contributed by atoms with van der Waals surface area (Å²) in [4.78, 5) is 14.7. The van der Waals surface area contributed by atoms with Crippen LogP contribution in [0.5, 0.6) is 0 Å². The zero-order chi connectivity index (χ0) is 14.9. The zero-order valence-electron chi connectivity index (χ0n) is 12.0. The van der Waals surface area contributed by atoms with Crippen LogP contribution >= 0.6 is 23.2 Å². The third-order valence-corrected chi connectivity index (χ3v) is 4.13. The lowest BCUT2D eigenvalue weighted by Gasteiger charge is -2.40. The Labute approximate surface area is 129 Å². The Morgan fingerprint density at radius 1 is 1.40 bits per heavy atom. The number of benzene rings is 1. The molecule has 2 rings (SSSR count). The van der Waals surface area contributed by atoms with E-state index in [0.717, 1.165) is 13.1 Å². The highest BCUT2D eigenvalue weighted by Gasteiger charge is 2.33. The second-order valence-electron chi connectivity index (χ2n) is 5.74. The molecule has 1 saturated heterocycles. The van der Waals surface area contributed by atoms with Crippen LogP contribution in [-0.4, -0.2) is 42.0 Å². The molecular weight excluding hydrogens is 297 g/mol. The van der Waals surface area contributed by atoms with Gasteiger partial charge in [-0.15, -0.1) is 0 Å². The molecule has 0 bridgehead atoms. The van der Waals surface area contributed by atoms with E-state index in [4.69, 9.17) is 27.9 Å². The molecule has 1 aromatic carbocycles. The molecule has 0 amide bonds. The van der Waals surface area contributed by atoms with E-state index in [0.29, 0.717) is 22.2 Å². The van der Waals surface area contributed by atoms with Crippen LogP contribution < -0.4 is 0 Å². The van der Waals surface area contributed by atoms with Crippen LogP contribution in [0.2, 0.25) is 10.0 Å². The summed E-state index contributed by atoms with van der Waals surface area (Å²) in [5, 5.41) is 0.938. The molecule has 3 nitrogen and oxygen atoms in total. The van der Waals surface area contributed by atoms with Crippen molar-refractivity contribution in [3.8, 4) is 0 Å². The average Bonchev–Trinajstić information content (AvgIpc) is 2.36. The minimum Gasteiger partial charge on any atom is -0.373 e. The standard InChI is InChI=1S/C15H19Cl2NO2/c1-10(18-6-7-20-15(2,3)9-18)14(19)12-5-4-11(16)8-13(12)17/h4-5,8,10H,6-7,9H2,1-3H3. The number of ketones is 1. The molecule has 1 atom stereocenters. The van der Waals surface area contributed by atoms with Crippen LogP contribution in [-0.2, 0) is 4.74 Å². The molecular formula is C15H19Cl2NO2. The fraction of sp³-hybridized carbons (Fsp3) is 0.533. The van der Waals surface area contributed by atoms with Gasteiger partial charge in [0, 0.05) is 23.7 Å². The van der Waals surface area contributed by atoms with Gasteiger partial charge < -0.3 is 4.74 Å². The number of ether oxygens (including phenoxy) is 1. The van der Waals surface area contributed by atoms with Gasteiger partial charge in [-0.3, -0.25) is 9.69 Å². The fourth-order valence-electron chi connectivity index (χ4n) is 2.46. The summed E-state index contributed by atoms with van der Waals surface area (Å²) in [5.41, 5.74) is 0.296. The molecule has 5 heteroatoms. The first-order valence-electron chi connectivity index (χ1n) is 6.67. The van der Waals surface area contributed by atoms with Gasteiger partial charge in [-0.1, -0.05) is 23.2 Å². The summed E-state index contributed by atoms with van der Waals surface area (Å²) in [6, 6.07) is 4.76. The Bertz CT molecular complexity index is 517. The monoisotopic (exact) mass is 315 g/mol. The summed E-state index contributed by atoms with van der Waals surface area (Å²) in [6.07, 6.45) is 0. The van der Waals surface area contributed by atoms with Gasteiger partial charge in [0.2, 0.25) is 0 Å². The Morgan fingerprint density at radius 3 is 2.70 bits per heavy atom. The van der Waals surface area contributed by atoms with Crippen LogP contribution in [0.25, 0.3) is 0 Å². The van der Waals surface area contributed by atoms with Crippen molar-refractivity contribution < 1.29 is 9.53 Å². The molecule has 0 saturated carbocycles. The maximum absolute atomic E-state index is 12.6. The van der Waals surface area contributed by atoms with Crippen LogP contribution in [0.3, 0.4) is 0 Å². The quantitative estimate of drug-likeness (QED) is 0.797. The maximum Gasteiger partial charge on any atom is 0.181 e. The molecule has 1 aliphatic heterocycles. The minimum absolute atomic E-state index is 0.0179. The highest BCUT2D eigenvalue weighted by molar-refractivity contribution is 6.37. The first kappa shape index (κ1) is 15.8. The number of nitrogens with zero attached hydrogens (tertiary/aromatic N) is 1. The van der Waals surface area contributed by atoms with E-state index < -0.39 is 0 Å². The third kappa shape index (κ3) is 3.53. The molecule has 110 valence electrons. The lowest BCUT2D eigenvalue weighted by molar-refractivity contribution is -0.0915. The summed E-state index contributed by atoms with van der Waals surface area (Å²) in [5.74, 6) is 0.0179. The molecule has 0 N–H and O–H groups in total. The Balaban J connectivity index is 2.16. The summed E-state index contributed by atoms with van der Waals surface area (Å²) in [7, 11) is 0. The highest BCUT2D eigenvalue weighted by atomic mass is 35.5. The molecule has 0 aliphatic carbocycles. The Morgan fingerprint density at radius 2 is 2.10 bits per heavy atom. The van der Waals surface area contributed by atoms with Gasteiger partial charge in [0.05, 0.1) is 23.3 Å². The number of carbonyl (C=O) groups excluding carboxylic acids is 1. The van der Waals surface area contributed by atoms with Crippen LogP contribution in [0.4, 0.5) is 0 Å². The lowest BCUT2D eigenvalue weighted by Crippen LogP contribution is -2.53. The Hall–Kier alpha value is -0.610. The molecule has 0 aromatic heterocycles. The van der Waals surface area contributed by atoms with Crippen molar-refractivity contribution in [2.75, 3.05) is 19.7 Å². The van der Waals surface area contributed by atoms with Gasteiger partial charge in [-0.2, -0.15) is 0 Å². The summed E-state index contributed by atoms with van der Waals surface area (Å²) >= 11 is 12.0. The predicted molar refractivity (Wildman–Crippen MR) is 81.9 cm³/mol. The van der Waals surface area contributed by atoms with Crippen molar-refractivity contribution in [3.63, 3.8) is 0 Å². The van der Waals surface area contributed by atoms with Gasteiger partial charge in [0.25, 0.3) is 0 Å². The fourth-order valence-corrected chi connectivity index (χ4v) is 2.97. The van der Waals surface area contributed by atoms with Crippen molar-refractivity contribution in [3.05, 3.63) is 33.8 Å². The molecule has 1 fully saturated rings. The summed E-state index contributed by atoms with van der Waals surface area (Å²) < 4.78 is 5.67. The first-order chi connectivity index (χ1) is 9.30. The van der Waals surface area contributed by atoms with Crippen molar-refractivity contribution in [1.29, 1.82) is 0 Å². The number of morpholine rings is 1. The zero-order valence-corrected chi connectivity index (χ0v) is 13.5. The number of Topliss-reactive ketones (excluding diaryl/α,β-unsaturated/α-hetero) is 1. The maximum atomic E-state index is 12.6. The number of carbonyl (C=O) groups is 1. The second kappa shape index (κ2) is 6.02. The topological polar surface area (TPSA) is 29.5 Å². The number of halogens is 2. The molecule has 0 spiro atoms. The predicted octanol–water partition coefficient (Wildman–Crippen LogP) is 3.68. The van der Waals surface area contributed by atoms with Gasteiger partial charge in [-0.25, -0.2) is 0 Å². The van der Waals surface area contributed by atoms with Crippen LogP contribution in [0.1, 0.15) is 31.1 Å². The molecule has 1 unspecified atom stereocenters. The molecule has 0 radical (unpaired) electrons. The SMILES string of the molecule is CC(C(=O)c1ccc(Cl)cc1Cl)N1CCOC(C)(C)C1. The van der Waals surface area contributed by atoms with Gasteiger partial charge in [-0.05, 0) is 39.0 Å². The Kier molecular flexibility index (Phi) is 4.75. The molecule has 1 aliphatic rings. The normalized spacial score (nSPS) is 20.6. The third-order valence-electron chi connectivity index (χ3n) is 3.58. The smallest absolute Gasteiger partial charge is 0.181 e. The summed E-state index contributed by atoms with van der Waals surface area (Å²) in [6.45, 7) is 8.09. The van der Waals surface area contributed by atoms with Crippen molar-refractivity contribution in [2.24, 2.45) is 0 Å². The van der Waals surface area contributed by atoms with Crippen LogP contribution in [0.15, 0.2) is 18.2 Å². The first-order valence-corrected chi connectivity index (χ1v) is 7.43. The number of hydrogen-bond acceptors (Lipinski definition) is 3. The lowest BCUT2D eigenvalue weighted by atomic mass is 10.0. The minimum atomic E-state index is -0.226. The van der Waals surface area contributed by atoms with E-state index in [2.05, 4.69) is 4.90 Å². The van der Waals surface area contributed by atoms with E-state index >= 15 is 0 Å². The van der Waals surface area contributed by atoms with E-state index in [-0.39, 0.29) is 17.4 Å². The van der Waals surface area contributed by atoms with E-state index in [9.17, 15) is 4.79 Å². The average molecular weight is 316 g/mol.